The van der Waals surface area contributed by atoms with Gasteiger partial charge in [-0.2, -0.15) is 13.5 Å². The van der Waals surface area contributed by atoms with Gasteiger partial charge in [0.05, 0.1) is 73.9 Å². The van der Waals surface area contributed by atoms with Crippen LogP contribution >= 0.6 is 11.3 Å². The number of nitrogens with one attached hydrogen (secondary N) is 6. The van der Waals surface area contributed by atoms with E-state index in [2.05, 4.69) is 53.1 Å². The molecule has 5 aromatic rings. The van der Waals surface area contributed by atoms with E-state index in [1.54, 1.807) is 30.0 Å². The lowest BCUT2D eigenvalue weighted by atomic mass is 9.98. The van der Waals surface area contributed by atoms with E-state index >= 15 is 0 Å². The number of aromatic nitrogens is 3. The van der Waals surface area contributed by atoms with E-state index in [1.165, 1.54) is 30.4 Å². The molecule has 4 aliphatic heterocycles. The topological polar surface area (TPSA) is 496 Å². The highest BCUT2D eigenvalue weighted by molar-refractivity contribution is 7.81. The van der Waals surface area contributed by atoms with Gasteiger partial charge in [0.1, 0.15) is 41.3 Å². The second kappa shape index (κ2) is 35.4. The van der Waals surface area contributed by atoms with Crippen molar-refractivity contribution in [3.8, 4) is 33.3 Å². The number of amides is 7. The van der Waals surface area contributed by atoms with Crippen molar-refractivity contribution in [2.75, 3.05) is 77.7 Å². The molecular weight excluding hydrogens is 1380 g/mol. The number of unbranched alkanes of at least 4 members (excludes halogenated alkanes) is 2. The summed E-state index contributed by atoms with van der Waals surface area (Å²) in [5.74, 6) is -10.8. The molecule has 102 heavy (non-hydrogen) atoms. The van der Waals surface area contributed by atoms with E-state index in [1.807, 2.05) is 12.1 Å². The summed E-state index contributed by atoms with van der Waals surface area (Å²) in [4.78, 5) is 112. The number of benzene rings is 3. The summed E-state index contributed by atoms with van der Waals surface area (Å²) in [6, 6.07) is 4.50. The Balaban J connectivity index is 0.951. The fraction of sp³-hybridized carbons (Fsp3) is 0.561. The van der Waals surface area contributed by atoms with Gasteiger partial charge in [-0.3, -0.25) is 38.1 Å². The molecule has 0 radical (unpaired) electrons. The number of piperidine rings is 1. The normalized spacial score (nSPS) is 24.9. The molecule has 4 aliphatic rings. The number of nitrogens with zero attached hydrogens (tertiary/aromatic N) is 6. The summed E-state index contributed by atoms with van der Waals surface area (Å²) in [6.07, 6.45) is -6.26. The largest absolute Gasteiger partial charge is 0.504 e. The van der Waals surface area contributed by atoms with Gasteiger partial charge in [-0.15, -0.1) is 0 Å². The van der Waals surface area contributed by atoms with Crippen molar-refractivity contribution >= 4 is 73.7 Å². The number of phenolic OH excluding ortho intramolecular Hbond substituents is 1. The molecule has 0 aliphatic carbocycles. The van der Waals surface area contributed by atoms with Gasteiger partial charge in [0.2, 0.25) is 40.4 Å². The van der Waals surface area contributed by atoms with E-state index in [4.69, 9.17) is 19.6 Å². The average molecular weight is 1470 g/mol. The number of methoxy groups -OCH3 is 1. The smallest absolute Gasteiger partial charge is 0.446 e. The fourth-order valence-electron chi connectivity index (χ4n) is 12.8. The summed E-state index contributed by atoms with van der Waals surface area (Å²) in [6.45, 7) is 2.73. The van der Waals surface area contributed by atoms with Gasteiger partial charge >= 0.3 is 10.4 Å². The lowest BCUT2D eigenvalue weighted by molar-refractivity contribution is -0.147. The lowest BCUT2D eigenvalue weighted by Crippen LogP contribution is -2.64. The minimum atomic E-state index is -5.25. The molecule has 2 unspecified atom stereocenters. The van der Waals surface area contributed by atoms with Gasteiger partial charge in [-0.05, 0) is 106 Å². The first-order valence-electron chi connectivity index (χ1n) is 33.7. The predicted octanol–water partition coefficient (Wildman–Crippen LogP) is -2.90. The van der Waals surface area contributed by atoms with E-state index in [-0.39, 0.29) is 23.8 Å². The lowest BCUT2D eigenvalue weighted by Gasteiger charge is -2.34. The minimum Gasteiger partial charge on any atom is -0.504 e. The Morgan fingerprint density at radius 3 is 2.11 bits per heavy atom. The van der Waals surface area contributed by atoms with Crippen molar-refractivity contribution in [2.45, 2.75) is 157 Å². The van der Waals surface area contributed by atoms with Crippen LogP contribution in [0.3, 0.4) is 0 Å². The number of imidazole rings is 1. The van der Waals surface area contributed by atoms with Crippen molar-refractivity contribution in [2.24, 2.45) is 5.92 Å². The van der Waals surface area contributed by atoms with Crippen LogP contribution < -0.4 is 41.0 Å². The van der Waals surface area contributed by atoms with Gasteiger partial charge in [-0.1, -0.05) is 36.5 Å². The number of ether oxygens (including phenoxy) is 2. The van der Waals surface area contributed by atoms with Crippen LogP contribution in [-0.4, -0.2) is 283 Å². The highest BCUT2D eigenvalue weighted by Crippen LogP contribution is 2.33. The Labute approximate surface area is 591 Å². The number of carbonyl (C=O) groups excluding carboxylic acids is 7. The Kier molecular flexibility index (Phi) is 27.1. The summed E-state index contributed by atoms with van der Waals surface area (Å²) >= 11 is 1.38. The van der Waals surface area contributed by atoms with E-state index in [9.17, 15) is 92.5 Å². The highest BCUT2D eigenvalue weighted by atomic mass is 32.3. The number of aromatic hydroxyl groups is 1. The van der Waals surface area contributed by atoms with Gasteiger partial charge in [0.25, 0.3) is 5.91 Å². The number of rotatable bonds is 25. The Hall–Kier alpha value is -8.08. The molecule has 2 aromatic heterocycles. The Bertz CT molecular complexity index is 3790. The maximum atomic E-state index is 15.0. The van der Waals surface area contributed by atoms with Crippen LogP contribution in [0.2, 0.25) is 0 Å². The average Bonchev–Trinajstić information content (AvgIpc) is 1.63. The molecule has 16 N–H and O–H groups in total. The molecule has 4 saturated heterocycles. The third kappa shape index (κ3) is 20.0. The van der Waals surface area contributed by atoms with Gasteiger partial charge in [0.15, 0.2) is 11.5 Å². The van der Waals surface area contributed by atoms with Crippen LogP contribution in [0.4, 0.5) is 5.69 Å². The standard InChI is InChI=1S/C66H90N12O22S2/c1-35-30-77-56(57(35)87)62(92)68-29-43(82)27-46(69-58(88)39-10-8-38(9-11-39)47-32-78-66(70-47)101-63(74-78)40-12-14-42(15-13-40)75-21-18-45(19-22-75)99-24-6-4-5-23-98-3)59(89)71-53(36(2)81)64(93)76-31-44(83)28-48(76)60(90)72-54(51(86)25-37-7-16-49(84)52(26-37)100-102(95,96)97)61(91)73-55(65(77)94)50(85)17-20-67-41(33-79)34-80/h7-16,26,32,35-36,41,43-46,48,50-51,53-57,67,79-87H,4-6,17-25,27-31,33-34H2,1-3H3,(H,68,92)(H,69,88)(H,71,89)(H,72,90)(H,73,91)(H,95,96,97)/t35-,36+,43+,44?,46?,48-,50+,51+,53-,54-,55-,56-,57-/m0/s1. The predicted molar refractivity (Wildman–Crippen MR) is 364 cm³/mol. The second-order valence-electron chi connectivity index (χ2n) is 26.1. The molecule has 558 valence electrons. The first-order chi connectivity index (χ1) is 48.6. The third-order valence-electron chi connectivity index (χ3n) is 18.5. The van der Waals surface area contributed by atoms with Crippen LogP contribution in [-0.2, 0) is 55.1 Å². The number of phenols is 1. The molecule has 9 rings (SSSR count). The summed E-state index contributed by atoms with van der Waals surface area (Å²) < 4.78 is 50.0. The first kappa shape index (κ1) is 78.1. The van der Waals surface area contributed by atoms with Gasteiger partial charge < -0.3 is 106 Å². The molecule has 7 amide bonds. The molecule has 36 heteroatoms. The Morgan fingerprint density at radius 2 is 1.44 bits per heavy atom. The van der Waals surface area contributed by atoms with Crippen LogP contribution in [0.25, 0.3) is 26.8 Å². The number of carbonyl (C=O) groups is 7. The van der Waals surface area contributed by atoms with Crippen LogP contribution in [0, 0.1) is 5.92 Å². The monoisotopic (exact) mass is 1470 g/mol. The quantitative estimate of drug-likeness (QED) is 0.0206. The number of aliphatic hydroxyl groups excluding tert-OH is 8. The van der Waals surface area contributed by atoms with Crippen LogP contribution in [0.15, 0.2) is 72.9 Å². The molecular formula is C66H90N12O22S2. The maximum absolute atomic E-state index is 15.0. The van der Waals surface area contributed by atoms with Crippen LogP contribution in [0.1, 0.15) is 81.1 Å². The molecule has 3 aromatic carbocycles. The van der Waals surface area contributed by atoms with Crippen molar-refractivity contribution in [1.82, 2.24) is 56.3 Å². The van der Waals surface area contributed by atoms with Gasteiger partial charge in [0, 0.05) is 101 Å². The Morgan fingerprint density at radius 1 is 0.775 bits per heavy atom. The highest BCUT2D eigenvalue weighted by Gasteiger charge is 2.50. The van der Waals surface area contributed by atoms with Crippen molar-refractivity contribution in [3.05, 3.63) is 84.1 Å². The van der Waals surface area contributed by atoms with Crippen molar-refractivity contribution < 1.29 is 106 Å². The molecule has 4 fully saturated rings. The number of aliphatic hydroxyl groups is 8. The molecule has 0 saturated carbocycles. The SMILES string of the molecule is COCCCCCOC1CCN(c2ccc(-c3nn4cc(-c5ccc(C(=O)NC6C[C@@H](O)CNC(=O)[C@@H]7[C@@H](O)[C@@H](C)CN7C(=O)[C@H]([C@H](O)CCNC(CO)CO)NC(=O)[C@H]([C@H](O)Cc7ccc(O)c(OS(=O)(=O)O)c7)NC(=O)[C@@H]7CC(O)CN7C(=O)[C@H]([C@@H](C)O)NC6=O)cc5)nc4s3)cc2)CC1. The molecule has 34 nitrogen and oxygen atoms in total. The zero-order valence-corrected chi connectivity index (χ0v) is 58.0. The number of β-amino-alcohol motifs (C(OH)–C–C–N with tert-alkyl or cyclic N) is 1. The zero-order valence-electron chi connectivity index (χ0n) is 56.4. The number of anilines is 1. The second-order valence-corrected chi connectivity index (χ2v) is 28.1. The van der Waals surface area contributed by atoms with E-state index in [0.717, 1.165) is 110 Å². The summed E-state index contributed by atoms with van der Waals surface area (Å²) in [5.41, 5.74) is 2.98. The summed E-state index contributed by atoms with van der Waals surface area (Å²) in [7, 11) is -3.54. The third-order valence-corrected chi connectivity index (χ3v) is 19.8. The first-order valence-corrected chi connectivity index (χ1v) is 35.9. The molecule has 13 atom stereocenters. The van der Waals surface area contributed by atoms with E-state index in [0.29, 0.717) is 16.2 Å². The molecule has 6 heterocycles. The van der Waals surface area contributed by atoms with Crippen molar-refractivity contribution in [3.63, 3.8) is 0 Å². The number of fused-ring (bicyclic) bond motifs is 3. The fourth-order valence-corrected chi connectivity index (χ4v) is 14.0. The van der Waals surface area contributed by atoms with E-state index < -0.39 is 207 Å². The van der Waals surface area contributed by atoms with Crippen LogP contribution in [0.5, 0.6) is 11.5 Å². The minimum absolute atomic E-state index is 0.00423. The van der Waals surface area contributed by atoms with Crippen molar-refractivity contribution in [1.29, 1.82) is 0 Å². The molecule has 0 spiro atoms. The number of hydrogen-bond donors (Lipinski definition) is 16. The maximum Gasteiger partial charge on any atom is 0.446 e. The zero-order chi connectivity index (χ0) is 73.7. The number of hydrogen-bond acceptors (Lipinski definition) is 26. The summed E-state index contributed by atoms with van der Waals surface area (Å²) in [5, 5.41) is 119. The molecule has 0 bridgehead atoms. The van der Waals surface area contributed by atoms with Gasteiger partial charge in [-0.25, -0.2) is 9.50 Å².